The van der Waals surface area contributed by atoms with Crippen molar-refractivity contribution in [3.05, 3.63) is 64.2 Å². The number of benzene rings is 1. The molecular formula is C15H15NO4. The second kappa shape index (κ2) is 5.28. The van der Waals surface area contributed by atoms with Crippen LogP contribution in [0, 0.1) is 16.0 Å². The van der Waals surface area contributed by atoms with E-state index in [1.54, 1.807) is 19.1 Å². The Kier molecular flexibility index (Phi) is 3.70. The molecule has 1 aliphatic carbocycles. The maximum absolute atomic E-state index is 11.8. The molecule has 5 nitrogen and oxygen atoms in total. The van der Waals surface area contributed by atoms with Crippen molar-refractivity contribution in [3.63, 3.8) is 0 Å². The molecule has 2 rings (SSSR count). The van der Waals surface area contributed by atoms with Crippen LogP contribution in [0.5, 0.6) is 0 Å². The van der Waals surface area contributed by atoms with Gasteiger partial charge < -0.3 is 4.74 Å². The number of nitrogens with zero attached hydrogens (tertiary/aromatic N) is 1. The molecule has 0 heterocycles. The smallest absolute Gasteiger partial charge is 0.389 e. The van der Waals surface area contributed by atoms with Gasteiger partial charge in [0.1, 0.15) is 0 Å². The highest BCUT2D eigenvalue weighted by Crippen LogP contribution is 2.34. The molecule has 0 radical (unpaired) electrons. The minimum atomic E-state index is -1.84. The van der Waals surface area contributed by atoms with Crippen LogP contribution in [0.2, 0.25) is 0 Å². The van der Waals surface area contributed by atoms with Crippen molar-refractivity contribution in [3.8, 4) is 0 Å². The van der Waals surface area contributed by atoms with E-state index in [4.69, 9.17) is 0 Å². The van der Waals surface area contributed by atoms with E-state index in [1.165, 1.54) is 6.08 Å². The van der Waals surface area contributed by atoms with Gasteiger partial charge in [-0.1, -0.05) is 49.4 Å². The average Bonchev–Trinajstić information content (AvgIpc) is 2.47. The third kappa shape index (κ3) is 2.11. The zero-order valence-electron chi connectivity index (χ0n) is 11.3. The van der Waals surface area contributed by atoms with Gasteiger partial charge in [0.15, 0.2) is 0 Å². The summed E-state index contributed by atoms with van der Waals surface area (Å²) in [5.41, 5.74) is -0.0237. The highest BCUT2D eigenvalue weighted by molar-refractivity contribution is 5.87. The predicted molar refractivity (Wildman–Crippen MR) is 74.5 cm³/mol. The molecule has 20 heavy (non-hydrogen) atoms. The first kappa shape index (κ1) is 14.0. The van der Waals surface area contributed by atoms with Crippen molar-refractivity contribution < 1.29 is 14.5 Å². The molecular weight excluding hydrogens is 258 g/mol. The first-order valence-electron chi connectivity index (χ1n) is 6.21. The standard InChI is InChI=1S/C15H15NO4/c1-11-10-13(12-6-4-3-5-7-12)8-9-15(11,16(18)19)14(17)20-2/h3-11H,1-2H3. The van der Waals surface area contributed by atoms with Crippen molar-refractivity contribution in [2.24, 2.45) is 5.92 Å². The number of esters is 1. The van der Waals surface area contributed by atoms with E-state index in [2.05, 4.69) is 4.74 Å². The summed E-state index contributed by atoms with van der Waals surface area (Å²) in [6, 6.07) is 9.52. The number of nitro groups is 1. The zero-order valence-corrected chi connectivity index (χ0v) is 11.3. The number of hydrogen-bond acceptors (Lipinski definition) is 4. The fourth-order valence-corrected chi connectivity index (χ4v) is 2.36. The van der Waals surface area contributed by atoms with Crippen molar-refractivity contribution >= 4 is 11.5 Å². The number of rotatable bonds is 3. The zero-order chi connectivity index (χ0) is 14.8. The molecule has 1 aromatic carbocycles. The summed E-state index contributed by atoms with van der Waals surface area (Å²) in [6.45, 7) is 1.64. The topological polar surface area (TPSA) is 69.4 Å². The summed E-state index contributed by atoms with van der Waals surface area (Å²) in [4.78, 5) is 22.6. The minimum absolute atomic E-state index is 0.585. The van der Waals surface area contributed by atoms with E-state index in [-0.39, 0.29) is 0 Å². The second-order valence-corrected chi connectivity index (χ2v) is 4.68. The molecule has 0 saturated carbocycles. The molecule has 0 aromatic heterocycles. The number of carbonyl (C=O) groups is 1. The SMILES string of the molecule is COC(=O)C1([N+](=O)[O-])C=CC(c2ccccc2)=CC1C. The Bertz CT molecular complexity index is 591. The maximum Gasteiger partial charge on any atom is 0.389 e. The van der Waals surface area contributed by atoms with Gasteiger partial charge in [0.2, 0.25) is 0 Å². The van der Waals surface area contributed by atoms with Gasteiger partial charge in [-0.15, -0.1) is 0 Å². The first-order valence-corrected chi connectivity index (χ1v) is 6.21. The van der Waals surface area contributed by atoms with Gasteiger partial charge in [0, 0.05) is 11.0 Å². The van der Waals surface area contributed by atoms with Crippen molar-refractivity contribution in [2.45, 2.75) is 12.5 Å². The maximum atomic E-state index is 11.8. The Hall–Kier alpha value is -2.43. The first-order chi connectivity index (χ1) is 9.52. The number of allylic oxidation sites excluding steroid dienone is 2. The van der Waals surface area contributed by atoms with Crippen LogP contribution in [0.4, 0.5) is 0 Å². The highest BCUT2D eigenvalue weighted by Gasteiger charge is 2.55. The molecule has 0 amide bonds. The number of methoxy groups -OCH3 is 1. The lowest BCUT2D eigenvalue weighted by Gasteiger charge is -2.27. The van der Waals surface area contributed by atoms with Gasteiger partial charge in [-0.25, -0.2) is 4.79 Å². The molecule has 0 saturated heterocycles. The highest BCUT2D eigenvalue weighted by atomic mass is 16.6. The number of carbonyl (C=O) groups excluding carboxylic acids is 1. The van der Waals surface area contributed by atoms with Crippen LogP contribution in [0.3, 0.4) is 0 Å². The Morgan fingerprint density at radius 3 is 2.50 bits per heavy atom. The van der Waals surface area contributed by atoms with Crippen LogP contribution >= 0.6 is 0 Å². The monoisotopic (exact) mass is 273 g/mol. The summed E-state index contributed by atoms with van der Waals surface area (Å²) in [6.07, 6.45) is 4.66. The summed E-state index contributed by atoms with van der Waals surface area (Å²) in [5.74, 6) is -1.44. The molecule has 0 bridgehead atoms. The molecule has 2 atom stereocenters. The van der Waals surface area contributed by atoms with Crippen LogP contribution in [-0.4, -0.2) is 23.5 Å². The molecule has 2 unspecified atom stereocenters. The largest absolute Gasteiger partial charge is 0.463 e. The van der Waals surface area contributed by atoms with Gasteiger partial charge in [0.25, 0.3) is 0 Å². The van der Waals surface area contributed by atoms with Crippen LogP contribution in [0.15, 0.2) is 48.6 Å². The van der Waals surface area contributed by atoms with Gasteiger partial charge in [-0.05, 0) is 11.1 Å². The third-order valence-corrected chi connectivity index (χ3v) is 3.56. The van der Waals surface area contributed by atoms with Gasteiger partial charge in [0.05, 0.1) is 13.0 Å². The molecule has 0 fully saturated rings. The van der Waals surface area contributed by atoms with Crippen molar-refractivity contribution in [1.29, 1.82) is 0 Å². The van der Waals surface area contributed by atoms with E-state index in [0.29, 0.717) is 0 Å². The van der Waals surface area contributed by atoms with Crippen LogP contribution in [-0.2, 0) is 9.53 Å². The summed E-state index contributed by atoms with van der Waals surface area (Å²) in [7, 11) is 1.16. The summed E-state index contributed by atoms with van der Waals surface area (Å²) in [5, 5.41) is 11.4. The molecule has 0 spiro atoms. The average molecular weight is 273 g/mol. The predicted octanol–water partition coefficient (Wildman–Crippen LogP) is 2.46. The van der Waals surface area contributed by atoms with Crippen LogP contribution < -0.4 is 0 Å². The van der Waals surface area contributed by atoms with E-state index in [0.717, 1.165) is 18.2 Å². The van der Waals surface area contributed by atoms with E-state index in [1.807, 2.05) is 30.3 Å². The van der Waals surface area contributed by atoms with Crippen LogP contribution in [0.25, 0.3) is 5.57 Å². The van der Waals surface area contributed by atoms with E-state index in [9.17, 15) is 14.9 Å². The van der Waals surface area contributed by atoms with E-state index >= 15 is 0 Å². The summed E-state index contributed by atoms with van der Waals surface area (Å²) >= 11 is 0. The molecule has 1 aliphatic rings. The Morgan fingerprint density at radius 1 is 1.35 bits per heavy atom. The lowest BCUT2D eigenvalue weighted by molar-refractivity contribution is -0.548. The summed E-state index contributed by atoms with van der Waals surface area (Å²) < 4.78 is 4.60. The quantitative estimate of drug-likeness (QED) is 0.482. The Morgan fingerprint density at radius 2 is 2.00 bits per heavy atom. The second-order valence-electron chi connectivity index (χ2n) is 4.68. The molecule has 0 N–H and O–H groups in total. The van der Waals surface area contributed by atoms with Gasteiger partial charge in [-0.3, -0.25) is 10.1 Å². The number of ether oxygens (including phenoxy) is 1. The lowest BCUT2D eigenvalue weighted by atomic mass is 9.79. The lowest BCUT2D eigenvalue weighted by Crippen LogP contribution is -2.51. The fourth-order valence-electron chi connectivity index (χ4n) is 2.36. The van der Waals surface area contributed by atoms with Crippen molar-refractivity contribution in [2.75, 3.05) is 7.11 Å². The Balaban J connectivity index is 2.42. The van der Waals surface area contributed by atoms with Crippen molar-refractivity contribution in [1.82, 2.24) is 0 Å². The number of hydrogen-bond donors (Lipinski definition) is 0. The molecule has 5 heteroatoms. The van der Waals surface area contributed by atoms with E-state index < -0.39 is 22.3 Å². The fraction of sp³-hybridized carbons (Fsp3) is 0.267. The van der Waals surface area contributed by atoms with Gasteiger partial charge >= 0.3 is 11.5 Å². The normalized spacial score (nSPS) is 24.9. The van der Waals surface area contributed by atoms with Gasteiger partial charge in [-0.2, -0.15) is 0 Å². The molecule has 104 valence electrons. The third-order valence-electron chi connectivity index (χ3n) is 3.56. The molecule has 1 aromatic rings. The van der Waals surface area contributed by atoms with Crippen LogP contribution in [0.1, 0.15) is 12.5 Å². The minimum Gasteiger partial charge on any atom is -0.463 e. The molecule has 0 aliphatic heterocycles. The Labute approximate surface area is 116 Å².